The van der Waals surface area contributed by atoms with Crippen LogP contribution >= 0.6 is 0 Å². The molecule has 34 heavy (non-hydrogen) atoms. The Morgan fingerprint density at radius 2 is 1.71 bits per heavy atom. The number of methoxy groups -OCH3 is 1. The normalized spacial score (nSPS) is 10.8. The van der Waals surface area contributed by atoms with Crippen LogP contribution in [-0.4, -0.2) is 37.2 Å². The molecule has 1 aromatic heterocycles. The molecule has 0 fully saturated rings. The van der Waals surface area contributed by atoms with E-state index in [1.165, 1.54) is 10.3 Å². The summed E-state index contributed by atoms with van der Waals surface area (Å²) >= 11 is 0. The maximum atomic E-state index is 13.2. The quantitative estimate of drug-likeness (QED) is 0.373. The standard InChI is InChI=1S/C28H29N3O3/c1-3-30(21-11-5-4-6-12-21)18-10-17-29-27(32)26-20-31(22-13-9-14-23(19-22)34-2)28(33)25-16-8-7-15-24(25)26/h4-9,11-16,19-20H,3,10,17-18H2,1-2H3,(H,29,32). The van der Waals surface area contributed by atoms with Crippen LogP contribution in [0.1, 0.15) is 23.7 Å². The van der Waals surface area contributed by atoms with Gasteiger partial charge in [0.05, 0.1) is 18.4 Å². The first-order chi connectivity index (χ1) is 16.6. The molecule has 174 valence electrons. The lowest BCUT2D eigenvalue weighted by Crippen LogP contribution is -2.31. The zero-order chi connectivity index (χ0) is 23.9. The summed E-state index contributed by atoms with van der Waals surface area (Å²) in [4.78, 5) is 28.7. The van der Waals surface area contributed by atoms with Crippen molar-refractivity contribution in [3.8, 4) is 11.4 Å². The molecule has 0 unspecified atom stereocenters. The van der Waals surface area contributed by atoms with Gasteiger partial charge in [-0.05, 0) is 43.7 Å². The number of carbonyl (C=O) groups excluding carboxylic acids is 1. The van der Waals surface area contributed by atoms with Crippen LogP contribution < -0.4 is 20.5 Å². The number of ether oxygens (including phenoxy) is 1. The molecule has 1 N–H and O–H groups in total. The summed E-state index contributed by atoms with van der Waals surface area (Å²) in [5, 5.41) is 4.18. The fraction of sp³-hybridized carbons (Fsp3) is 0.214. The summed E-state index contributed by atoms with van der Waals surface area (Å²) < 4.78 is 6.82. The molecule has 4 rings (SSSR count). The summed E-state index contributed by atoms with van der Waals surface area (Å²) in [7, 11) is 1.58. The Balaban J connectivity index is 1.55. The highest BCUT2D eigenvalue weighted by Crippen LogP contribution is 2.20. The number of para-hydroxylation sites is 1. The molecule has 0 atom stereocenters. The zero-order valence-electron chi connectivity index (χ0n) is 19.5. The van der Waals surface area contributed by atoms with Gasteiger partial charge in [-0.1, -0.05) is 42.5 Å². The maximum absolute atomic E-state index is 13.2. The van der Waals surface area contributed by atoms with E-state index in [2.05, 4.69) is 29.3 Å². The largest absolute Gasteiger partial charge is 0.497 e. The minimum atomic E-state index is -0.199. The van der Waals surface area contributed by atoms with Gasteiger partial charge in [0.15, 0.2) is 0 Å². The number of benzene rings is 3. The van der Waals surface area contributed by atoms with Gasteiger partial charge in [0.1, 0.15) is 5.75 Å². The van der Waals surface area contributed by atoms with E-state index >= 15 is 0 Å². The van der Waals surface area contributed by atoms with Crippen molar-refractivity contribution in [2.45, 2.75) is 13.3 Å². The van der Waals surface area contributed by atoms with Gasteiger partial charge in [-0.2, -0.15) is 0 Å². The van der Waals surface area contributed by atoms with Crippen LogP contribution in [0.2, 0.25) is 0 Å². The van der Waals surface area contributed by atoms with Crippen LogP contribution in [0.3, 0.4) is 0 Å². The van der Waals surface area contributed by atoms with Gasteiger partial charge in [0, 0.05) is 48.4 Å². The highest BCUT2D eigenvalue weighted by Gasteiger charge is 2.16. The Labute approximate surface area is 199 Å². The van der Waals surface area contributed by atoms with E-state index in [0.717, 1.165) is 19.5 Å². The number of hydrogen-bond donors (Lipinski definition) is 1. The lowest BCUT2D eigenvalue weighted by atomic mass is 10.1. The van der Waals surface area contributed by atoms with Crippen LogP contribution in [0.5, 0.6) is 5.75 Å². The molecule has 4 aromatic rings. The Morgan fingerprint density at radius 3 is 2.44 bits per heavy atom. The summed E-state index contributed by atoms with van der Waals surface area (Å²) in [5.41, 5.74) is 2.11. The number of nitrogens with zero attached hydrogens (tertiary/aromatic N) is 2. The van der Waals surface area contributed by atoms with Crippen LogP contribution in [0.25, 0.3) is 16.5 Å². The maximum Gasteiger partial charge on any atom is 0.262 e. The number of aromatic nitrogens is 1. The predicted molar refractivity (Wildman–Crippen MR) is 137 cm³/mol. The molecule has 0 bridgehead atoms. The number of carbonyl (C=O) groups is 1. The minimum absolute atomic E-state index is 0.179. The Hall–Kier alpha value is -4.06. The van der Waals surface area contributed by atoms with Crippen molar-refractivity contribution in [1.29, 1.82) is 0 Å². The minimum Gasteiger partial charge on any atom is -0.497 e. The van der Waals surface area contributed by atoms with E-state index in [4.69, 9.17) is 4.74 Å². The smallest absolute Gasteiger partial charge is 0.262 e. The van der Waals surface area contributed by atoms with Crippen LogP contribution in [0, 0.1) is 0 Å². The van der Waals surface area contributed by atoms with E-state index in [-0.39, 0.29) is 11.5 Å². The van der Waals surface area contributed by atoms with Gasteiger partial charge in [0.2, 0.25) is 0 Å². The number of nitrogens with one attached hydrogen (secondary N) is 1. The van der Waals surface area contributed by atoms with Crippen molar-refractivity contribution in [3.63, 3.8) is 0 Å². The topological polar surface area (TPSA) is 63.6 Å². The van der Waals surface area contributed by atoms with Crippen LogP contribution in [0.4, 0.5) is 5.69 Å². The summed E-state index contributed by atoms with van der Waals surface area (Å²) in [6.07, 6.45) is 2.43. The van der Waals surface area contributed by atoms with E-state index in [1.807, 2.05) is 54.6 Å². The van der Waals surface area contributed by atoms with E-state index in [0.29, 0.717) is 34.3 Å². The molecule has 0 aliphatic heterocycles. The molecular weight excluding hydrogens is 426 g/mol. The van der Waals surface area contributed by atoms with Gasteiger partial charge in [-0.15, -0.1) is 0 Å². The first-order valence-electron chi connectivity index (χ1n) is 11.5. The third-order valence-corrected chi connectivity index (χ3v) is 5.89. The molecule has 6 nitrogen and oxygen atoms in total. The first-order valence-corrected chi connectivity index (χ1v) is 11.5. The second-order valence-electron chi connectivity index (χ2n) is 7.99. The number of fused-ring (bicyclic) bond motifs is 1. The van der Waals surface area contributed by atoms with Gasteiger partial charge >= 0.3 is 0 Å². The van der Waals surface area contributed by atoms with Crippen LogP contribution in [0.15, 0.2) is 89.9 Å². The number of amides is 1. The number of pyridine rings is 1. The summed E-state index contributed by atoms with van der Waals surface area (Å²) in [6.45, 7) is 4.40. The SMILES string of the molecule is CCN(CCCNC(=O)c1cn(-c2cccc(OC)c2)c(=O)c2ccccc12)c1ccccc1. The molecule has 0 saturated carbocycles. The fourth-order valence-electron chi connectivity index (χ4n) is 4.10. The number of rotatable bonds is 9. The van der Waals surface area contributed by atoms with Crippen molar-refractivity contribution in [2.75, 3.05) is 31.6 Å². The summed E-state index contributed by atoms with van der Waals surface area (Å²) in [5.74, 6) is 0.443. The molecule has 0 aliphatic carbocycles. The van der Waals surface area contributed by atoms with Crippen molar-refractivity contribution in [2.24, 2.45) is 0 Å². The molecule has 0 aliphatic rings. The third-order valence-electron chi connectivity index (χ3n) is 5.89. The van der Waals surface area contributed by atoms with E-state index in [1.54, 1.807) is 25.4 Å². The average Bonchev–Trinajstić information content (AvgIpc) is 2.89. The number of hydrogen-bond acceptors (Lipinski definition) is 4. The molecule has 1 heterocycles. The van der Waals surface area contributed by atoms with Crippen LogP contribution in [-0.2, 0) is 0 Å². The van der Waals surface area contributed by atoms with Gasteiger partial charge in [-0.3, -0.25) is 14.2 Å². The van der Waals surface area contributed by atoms with E-state index in [9.17, 15) is 9.59 Å². The molecule has 0 spiro atoms. The Morgan fingerprint density at radius 1 is 0.971 bits per heavy atom. The Bertz CT molecular complexity index is 1330. The molecule has 3 aromatic carbocycles. The molecular formula is C28H29N3O3. The molecule has 1 amide bonds. The summed E-state index contributed by atoms with van der Waals surface area (Å²) in [6, 6.07) is 24.7. The second-order valence-corrected chi connectivity index (χ2v) is 7.99. The zero-order valence-corrected chi connectivity index (χ0v) is 19.5. The fourth-order valence-corrected chi connectivity index (χ4v) is 4.10. The molecule has 0 saturated heterocycles. The van der Waals surface area contributed by atoms with Gasteiger partial charge in [0.25, 0.3) is 11.5 Å². The number of anilines is 1. The molecule has 0 radical (unpaired) electrons. The molecule has 6 heteroatoms. The highest BCUT2D eigenvalue weighted by atomic mass is 16.5. The third kappa shape index (κ3) is 4.96. The van der Waals surface area contributed by atoms with Crippen molar-refractivity contribution >= 4 is 22.4 Å². The lowest BCUT2D eigenvalue weighted by molar-refractivity contribution is 0.0954. The average molecular weight is 456 g/mol. The van der Waals surface area contributed by atoms with Gasteiger partial charge < -0.3 is 15.0 Å². The van der Waals surface area contributed by atoms with Crippen molar-refractivity contribution in [3.05, 3.63) is 101 Å². The monoisotopic (exact) mass is 455 g/mol. The van der Waals surface area contributed by atoms with Gasteiger partial charge in [-0.25, -0.2) is 0 Å². The second kappa shape index (κ2) is 10.7. The highest BCUT2D eigenvalue weighted by molar-refractivity contribution is 6.06. The van der Waals surface area contributed by atoms with Crippen molar-refractivity contribution in [1.82, 2.24) is 9.88 Å². The first kappa shape index (κ1) is 23.1. The lowest BCUT2D eigenvalue weighted by Gasteiger charge is -2.23. The van der Waals surface area contributed by atoms with Crippen molar-refractivity contribution < 1.29 is 9.53 Å². The Kier molecular flexibility index (Phi) is 7.28. The predicted octanol–water partition coefficient (Wildman–Crippen LogP) is 4.65. The van der Waals surface area contributed by atoms with E-state index < -0.39 is 0 Å².